The summed E-state index contributed by atoms with van der Waals surface area (Å²) < 4.78 is 6.24. The highest BCUT2D eigenvalue weighted by Gasteiger charge is 2.11. The number of methoxy groups -OCH3 is 1. The van der Waals surface area contributed by atoms with Gasteiger partial charge >= 0.3 is 0 Å². The van der Waals surface area contributed by atoms with Crippen LogP contribution in [-0.2, 0) is 0 Å². The van der Waals surface area contributed by atoms with E-state index < -0.39 is 0 Å². The molecule has 3 heteroatoms. The molecule has 0 saturated carbocycles. The number of hydrogen-bond donors (Lipinski definition) is 1. The van der Waals surface area contributed by atoms with E-state index in [4.69, 9.17) is 4.74 Å². The van der Waals surface area contributed by atoms with Gasteiger partial charge in [0.05, 0.1) is 11.6 Å². The first-order valence-corrected chi connectivity index (χ1v) is 6.98. The first-order valence-electron chi connectivity index (χ1n) is 6.19. The van der Waals surface area contributed by atoms with Gasteiger partial charge in [-0.2, -0.15) is 0 Å². The third-order valence-electron chi connectivity index (χ3n) is 2.76. The van der Waals surface area contributed by atoms with Crippen LogP contribution in [0.25, 0.3) is 0 Å². The van der Waals surface area contributed by atoms with Crippen LogP contribution < -0.4 is 10.1 Å². The molecule has 1 aromatic rings. The molecule has 0 radical (unpaired) electrons. The lowest BCUT2D eigenvalue weighted by Crippen LogP contribution is -2.20. The first-order chi connectivity index (χ1) is 8.72. The maximum atomic E-state index is 5.25. The zero-order chi connectivity index (χ0) is 13.4. The van der Waals surface area contributed by atoms with Crippen LogP contribution in [0.4, 0.5) is 0 Å². The second kappa shape index (κ2) is 8.18. The highest BCUT2D eigenvalue weighted by molar-refractivity contribution is 9.10. The molecule has 0 heterocycles. The zero-order valence-corrected chi connectivity index (χ0v) is 12.8. The maximum Gasteiger partial charge on any atom is 0.133 e. The Morgan fingerprint density at radius 3 is 2.78 bits per heavy atom. The van der Waals surface area contributed by atoms with Crippen molar-refractivity contribution in [3.8, 4) is 17.6 Å². The van der Waals surface area contributed by atoms with E-state index in [-0.39, 0.29) is 0 Å². The van der Waals surface area contributed by atoms with Crippen LogP contribution in [0.1, 0.15) is 38.3 Å². The Morgan fingerprint density at radius 2 is 2.22 bits per heavy atom. The fourth-order valence-corrected chi connectivity index (χ4v) is 2.43. The van der Waals surface area contributed by atoms with Crippen LogP contribution >= 0.6 is 15.9 Å². The monoisotopic (exact) mass is 309 g/mol. The Bertz CT molecular complexity index is 434. The van der Waals surface area contributed by atoms with Gasteiger partial charge in [0.15, 0.2) is 0 Å². The van der Waals surface area contributed by atoms with E-state index in [9.17, 15) is 0 Å². The summed E-state index contributed by atoms with van der Waals surface area (Å²) in [4.78, 5) is 0. The Balaban J connectivity index is 2.83. The summed E-state index contributed by atoms with van der Waals surface area (Å²) >= 11 is 3.53. The van der Waals surface area contributed by atoms with Crippen LogP contribution in [-0.4, -0.2) is 13.7 Å². The Morgan fingerprint density at radius 1 is 1.44 bits per heavy atom. The van der Waals surface area contributed by atoms with Crippen LogP contribution in [0.2, 0.25) is 0 Å². The van der Waals surface area contributed by atoms with Crippen molar-refractivity contribution in [2.24, 2.45) is 0 Å². The number of halogens is 1. The molecule has 0 aliphatic heterocycles. The van der Waals surface area contributed by atoms with Crippen molar-refractivity contribution in [3.05, 3.63) is 28.2 Å². The minimum atomic E-state index is 0.345. The highest BCUT2D eigenvalue weighted by atomic mass is 79.9. The number of nitrogens with one attached hydrogen (secondary N) is 1. The number of benzene rings is 1. The number of ether oxygens (including phenoxy) is 1. The molecule has 1 aromatic carbocycles. The van der Waals surface area contributed by atoms with Crippen molar-refractivity contribution in [1.29, 1.82) is 0 Å². The van der Waals surface area contributed by atoms with Gasteiger partial charge in [0.1, 0.15) is 5.75 Å². The molecule has 0 aliphatic rings. The minimum Gasteiger partial charge on any atom is -0.496 e. The smallest absolute Gasteiger partial charge is 0.133 e. The molecule has 0 spiro atoms. The van der Waals surface area contributed by atoms with Gasteiger partial charge in [0.25, 0.3) is 0 Å². The molecule has 98 valence electrons. The van der Waals surface area contributed by atoms with Crippen molar-refractivity contribution in [2.75, 3.05) is 13.7 Å². The van der Waals surface area contributed by atoms with E-state index in [2.05, 4.69) is 52.1 Å². The van der Waals surface area contributed by atoms with E-state index in [1.54, 1.807) is 7.11 Å². The molecule has 0 aliphatic carbocycles. The van der Waals surface area contributed by atoms with Gasteiger partial charge in [-0.15, -0.1) is 11.8 Å². The third-order valence-corrected chi connectivity index (χ3v) is 3.38. The fraction of sp³-hybridized carbons (Fsp3) is 0.467. The quantitative estimate of drug-likeness (QED) is 0.804. The molecule has 2 nitrogen and oxygen atoms in total. The van der Waals surface area contributed by atoms with E-state index in [1.165, 1.54) is 5.56 Å². The van der Waals surface area contributed by atoms with Crippen molar-refractivity contribution in [3.63, 3.8) is 0 Å². The van der Waals surface area contributed by atoms with Crippen LogP contribution in [0.3, 0.4) is 0 Å². The average molecular weight is 310 g/mol. The molecule has 0 aromatic heterocycles. The molecule has 1 rings (SSSR count). The molecule has 1 N–H and O–H groups in total. The molecule has 1 atom stereocenters. The van der Waals surface area contributed by atoms with Gasteiger partial charge in [0, 0.05) is 12.5 Å². The Kier molecular flexibility index (Phi) is 6.85. The molecule has 1 unspecified atom stereocenters. The van der Waals surface area contributed by atoms with Crippen LogP contribution in [0.5, 0.6) is 5.75 Å². The highest BCUT2D eigenvalue weighted by Crippen LogP contribution is 2.29. The van der Waals surface area contributed by atoms with E-state index in [1.807, 2.05) is 13.0 Å². The lowest BCUT2D eigenvalue weighted by atomic mass is 10.0. The number of hydrogen-bond acceptors (Lipinski definition) is 2. The molecule has 0 amide bonds. The van der Waals surface area contributed by atoms with Gasteiger partial charge in [-0.05, 0) is 53.5 Å². The van der Waals surface area contributed by atoms with Gasteiger partial charge in [-0.3, -0.25) is 0 Å². The maximum absolute atomic E-state index is 5.25. The Hall–Kier alpha value is -0.980. The summed E-state index contributed by atoms with van der Waals surface area (Å²) in [5.74, 6) is 6.92. The van der Waals surface area contributed by atoms with Crippen molar-refractivity contribution >= 4 is 15.9 Å². The fourth-order valence-electron chi connectivity index (χ4n) is 1.87. The summed E-state index contributed by atoms with van der Waals surface area (Å²) in [5, 5.41) is 3.49. The molecular formula is C15H20BrNO. The lowest BCUT2D eigenvalue weighted by Gasteiger charge is -2.18. The van der Waals surface area contributed by atoms with Gasteiger partial charge < -0.3 is 10.1 Å². The van der Waals surface area contributed by atoms with Gasteiger partial charge in [-0.25, -0.2) is 0 Å². The standard InChI is InChI=1S/C15H20BrNO/c1-4-6-7-8-14(17-5-2)12-9-10-15(18-3)13(16)11-12/h9-11,14,17H,5,7-8H2,1-3H3. The van der Waals surface area contributed by atoms with Crippen LogP contribution in [0.15, 0.2) is 22.7 Å². The average Bonchev–Trinajstić information content (AvgIpc) is 2.38. The lowest BCUT2D eigenvalue weighted by molar-refractivity contribution is 0.411. The molecule has 0 bridgehead atoms. The predicted octanol–water partition coefficient (Wildman–Crippen LogP) is 3.91. The molecule has 18 heavy (non-hydrogen) atoms. The van der Waals surface area contributed by atoms with Crippen LogP contribution in [0, 0.1) is 11.8 Å². The topological polar surface area (TPSA) is 21.3 Å². The molecule has 0 fully saturated rings. The number of rotatable bonds is 6. The first kappa shape index (κ1) is 15.1. The summed E-state index contributed by atoms with van der Waals surface area (Å²) in [5.41, 5.74) is 1.27. The zero-order valence-electron chi connectivity index (χ0n) is 11.2. The van der Waals surface area contributed by atoms with E-state index in [0.29, 0.717) is 6.04 Å². The van der Waals surface area contributed by atoms with Gasteiger partial charge in [-0.1, -0.05) is 13.0 Å². The second-order valence-corrected chi connectivity index (χ2v) is 4.82. The largest absolute Gasteiger partial charge is 0.496 e. The van der Waals surface area contributed by atoms with Gasteiger partial charge in [0.2, 0.25) is 0 Å². The van der Waals surface area contributed by atoms with E-state index >= 15 is 0 Å². The summed E-state index contributed by atoms with van der Waals surface area (Å²) in [6.45, 7) is 4.96. The summed E-state index contributed by atoms with van der Waals surface area (Å²) in [6.07, 6.45) is 1.94. The van der Waals surface area contributed by atoms with Crippen molar-refractivity contribution < 1.29 is 4.74 Å². The second-order valence-electron chi connectivity index (χ2n) is 3.97. The molecule has 0 saturated heterocycles. The SMILES string of the molecule is CC#CCCC(NCC)c1ccc(OC)c(Br)c1. The van der Waals surface area contributed by atoms with E-state index in [0.717, 1.165) is 29.6 Å². The summed E-state index contributed by atoms with van der Waals surface area (Å²) in [6, 6.07) is 6.56. The Labute approximate surface area is 118 Å². The molecular weight excluding hydrogens is 290 g/mol. The minimum absolute atomic E-state index is 0.345. The predicted molar refractivity (Wildman–Crippen MR) is 79.8 cm³/mol. The van der Waals surface area contributed by atoms with Crippen molar-refractivity contribution in [1.82, 2.24) is 5.32 Å². The third kappa shape index (κ3) is 4.36. The summed E-state index contributed by atoms with van der Waals surface area (Å²) in [7, 11) is 1.68. The normalized spacial score (nSPS) is 11.6. The van der Waals surface area contributed by atoms with Crippen molar-refractivity contribution in [2.45, 2.75) is 32.7 Å².